The van der Waals surface area contributed by atoms with E-state index >= 15 is 0 Å². The number of ether oxygens (including phenoxy) is 1. The minimum absolute atomic E-state index is 0.240. The Bertz CT molecular complexity index is 674. The van der Waals surface area contributed by atoms with E-state index in [9.17, 15) is 0 Å². The molecule has 0 saturated heterocycles. The smallest absolute Gasteiger partial charge is 0.166 e. The maximum atomic E-state index is 8.95. The van der Waals surface area contributed by atoms with Crippen LogP contribution in [0.4, 0.5) is 5.82 Å². The Hall–Kier alpha value is -2.61. The van der Waals surface area contributed by atoms with Crippen LogP contribution in [0.1, 0.15) is 16.8 Å². The summed E-state index contributed by atoms with van der Waals surface area (Å²) in [5.74, 6) is 1.35. The van der Waals surface area contributed by atoms with Gasteiger partial charge in [-0.3, -0.25) is 0 Å². The molecule has 19 heavy (non-hydrogen) atoms. The molecule has 2 N–H and O–H groups in total. The van der Waals surface area contributed by atoms with Crippen molar-refractivity contribution in [2.75, 3.05) is 12.8 Å². The molecule has 2 aromatic rings. The third kappa shape index (κ3) is 2.47. The normalized spacial score (nSPS) is 10.0. The van der Waals surface area contributed by atoms with Crippen molar-refractivity contribution < 1.29 is 4.74 Å². The maximum absolute atomic E-state index is 8.95. The molecule has 5 nitrogen and oxygen atoms in total. The van der Waals surface area contributed by atoms with E-state index in [0.29, 0.717) is 11.6 Å². The molecule has 0 unspecified atom stereocenters. The second-order valence-corrected chi connectivity index (χ2v) is 4.27. The van der Waals surface area contributed by atoms with Crippen LogP contribution in [-0.4, -0.2) is 17.1 Å². The molecule has 5 heteroatoms. The Balaban J connectivity index is 2.72. The summed E-state index contributed by atoms with van der Waals surface area (Å²) in [5, 5.41) is 8.95. The molecular formula is C14H14N4O. The Morgan fingerprint density at radius 3 is 2.58 bits per heavy atom. The van der Waals surface area contributed by atoms with E-state index < -0.39 is 0 Å². The quantitative estimate of drug-likeness (QED) is 0.888. The summed E-state index contributed by atoms with van der Waals surface area (Å²) in [4.78, 5) is 8.38. The first kappa shape index (κ1) is 12.8. The Morgan fingerprint density at radius 1 is 1.21 bits per heavy atom. The van der Waals surface area contributed by atoms with Gasteiger partial charge in [0, 0.05) is 6.07 Å². The van der Waals surface area contributed by atoms with Gasteiger partial charge in [0.1, 0.15) is 23.3 Å². The van der Waals surface area contributed by atoms with Crippen LogP contribution in [0.3, 0.4) is 0 Å². The standard InChI is InChI=1S/C14H14N4O/c1-8-4-9(2)13(11(5-8)19-3)14-17-10(7-15)6-12(16)18-14/h4-6H,1-3H3,(H2,16,17,18). The molecule has 0 aliphatic carbocycles. The summed E-state index contributed by atoms with van der Waals surface area (Å²) >= 11 is 0. The molecule has 1 aromatic heterocycles. The molecule has 0 spiro atoms. The van der Waals surface area contributed by atoms with Crippen molar-refractivity contribution in [3.8, 4) is 23.2 Å². The summed E-state index contributed by atoms with van der Waals surface area (Å²) < 4.78 is 5.37. The van der Waals surface area contributed by atoms with Gasteiger partial charge < -0.3 is 10.5 Å². The van der Waals surface area contributed by atoms with Gasteiger partial charge in [-0.25, -0.2) is 9.97 Å². The van der Waals surface area contributed by atoms with E-state index in [2.05, 4.69) is 9.97 Å². The zero-order valence-corrected chi connectivity index (χ0v) is 11.1. The summed E-state index contributed by atoms with van der Waals surface area (Å²) in [6.07, 6.45) is 0. The number of aryl methyl sites for hydroxylation is 2. The van der Waals surface area contributed by atoms with E-state index in [1.54, 1.807) is 7.11 Å². The first-order valence-corrected chi connectivity index (χ1v) is 5.75. The van der Waals surface area contributed by atoms with Gasteiger partial charge in [0.15, 0.2) is 5.82 Å². The number of benzene rings is 1. The third-order valence-electron chi connectivity index (χ3n) is 2.75. The summed E-state index contributed by atoms with van der Waals surface area (Å²) in [6, 6.07) is 7.33. The fraction of sp³-hybridized carbons (Fsp3) is 0.214. The first-order chi connectivity index (χ1) is 9.05. The third-order valence-corrected chi connectivity index (χ3v) is 2.75. The van der Waals surface area contributed by atoms with Gasteiger partial charge in [0.2, 0.25) is 0 Å². The second kappa shape index (κ2) is 4.94. The van der Waals surface area contributed by atoms with Crippen molar-refractivity contribution in [2.24, 2.45) is 0 Å². The number of hydrogen-bond acceptors (Lipinski definition) is 5. The molecule has 0 atom stereocenters. The monoisotopic (exact) mass is 254 g/mol. The lowest BCUT2D eigenvalue weighted by Crippen LogP contribution is -2.01. The molecule has 1 heterocycles. The van der Waals surface area contributed by atoms with Crippen LogP contribution in [0.2, 0.25) is 0 Å². The number of nitriles is 1. The van der Waals surface area contributed by atoms with Crippen LogP contribution < -0.4 is 10.5 Å². The molecular weight excluding hydrogens is 240 g/mol. The fourth-order valence-electron chi connectivity index (χ4n) is 2.01. The number of aromatic nitrogens is 2. The molecule has 0 fully saturated rings. The fourth-order valence-corrected chi connectivity index (χ4v) is 2.01. The van der Waals surface area contributed by atoms with Gasteiger partial charge in [-0.2, -0.15) is 5.26 Å². The minimum atomic E-state index is 0.240. The van der Waals surface area contributed by atoms with Crippen molar-refractivity contribution in [1.82, 2.24) is 9.97 Å². The molecule has 0 radical (unpaired) electrons. The molecule has 0 bridgehead atoms. The van der Waals surface area contributed by atoms with Crippen LogP contribution in [0.5, 0.6) is 5.75 Å². The van der Waals surface area contributed by atoms with Crippen molar-refractivity contribution in [3.05, 3.63) is 35.0 Å². The van der Waals surface area contributed by atoms with Gasteiger partial charge in [-0.1, -0.05) is 6.07 Å². The van der Waals surface area contributed by atoms with Crippen LogP contribution in [0, 0.1) is 25.2 Å². The number of nitrogens with zero attached hydrogens (tertiary/aromatic N) is 3. The van der Waals surface area contributed by atoms with E-state index in [-0.39, 0.29) is 11.5 Å². The molecule has 0 aliphatic heterocycles. The van der Waals surface area contributed by atoms with Crippen LogP contribution in [-0.2, 0) is 0 Å². The average Bonchev–Trinajstić information content (AvgIpc) is 2.36. The molecule has 96 valence electrons. The topological polar surface area (TPSA) is 84.8 Å². The van der Waals surface area contributed by atoms with Gasteiger partial charge in [-0.05, 0) is 31.0 Å². The van der Waals surface area contributed by atoms with E-state index in [1.165, 1.54) is 6.07 Å². The van der Waals surface area contributed by atoms with Crippen LogP contribution in [0.15, 0.2) is 18.2 Å². The number of hydrogen-bond donors (Lipinski definition) is 1. The van der Waals surface area contributed by atoms with Crippen molar-refractivity contribution in [1.29, 1.82) is 5.26 Å². The highest BCUT2D eigenvalue weighted by Crippen LogP contribution is 2.32. The molecule has 1 aromatic carbocycles. The molecule has 0 aliphatic rings. The Morgan fingerprint density at radius 2 is 1.95 bits per heavy atom. The zero-order chi connectivity index (χ0) is 14.0. The first-order valence-electron chi connectivity index (χ1n) is 5.75. The molecule has 0 amide bonds. The SMILES string of the molecule is COc1cc(C)cc(C)c1-c1nc(N)cc(C#N)n1. The van der Waals surface area contributed by atoms with Gasteiger partial charge >= 0.3 is 0 Å². The van der Waals surface area contributed by atoms with E-state index in [1.807, 2.05) is 32.0 Å². The van der Waals surface area contributed by atoms with Gasteiger partial charge in [0.25, 0.3) is 0 Å². The van der Waals surface area contributed by atoms with Crippen molar-refractivity contribution >= 4 is 5.82 Å². The average molecular weight is 254 g/mol. The summed E-state index contributed by atoms with van der Waals surface area (Å²) in [7, 11) is 1.59. The number of anilines is 1. The highest BCUT2D eigenvalue weighted by atomic mass is 16.5. The summed E-state index contributed by atoms with van der Waals surface area (Å²) in [6.45, 7) is 3.93. The zero-order valence-electron chi connectivity index (χ0n) is 11.1. The van der Waals surface area contributed by atoms with Gasteiger partial charge in [0.05, 0.1) is 12.7 Å². The summed E-state index contributed by atoms with van der Waals surface area (Å²) in [5.41, 5.74) is 8.77. The lowest BCUT2D eigenvalue weighted by atomic mass is 10.0. The second-order valence-electron chi connectivity index (χ2n) is 4.27. The molecule has 0 saturated carbocycles. The maximum Gasteiger partial charge on any atom is 0.166 e. The van der Waals surface area contributed by atoms with Crippen molar-refractivity contribution in [3.63, 3.8) is 0 Å². The van der Waals surface area contributed by atoms with E-state index in [4.69, 9.17) is 15.7 Å². The number of rotatable bonds is 2. The largest absolute Gasteiger partial charge is 0.496 e. The predicted molar refractivity (Wildman–Crippen MR) is 72.6 cm³/mol. The highest BCUT2D eigenvalue weighted by molar-refractivity contribution is 5.70. The predicted octanol–water partition coefficient (Wildman–Crippen LogP) is 2.22. The highest BCUT2D eigenvalue weighted by Gasteiger charge is 2.14. The lowest BCUT2D eigenvalue weighted by molar-refractivity contribution is 0.415. The molecule has 2 rings (SSSR count). The van der Waals surface area contributed by atoms with Crippen LogP contribution >= 0.6 is 0 Å². The Kier molecular flexibility index (Phi) is 3.34. The van der Waals surface area contributed by atoms with Gasteiger partial charge in [-0.15, -0.1) is 0 Å². The number of nitrogen functional groups attached to an aromatic ring is 1. The lowest BCUT2D eigenvalue weighted by Gasteiger charge is -2.12. The van der Waals surface area contributed by atoms with Crippen LogP contribution in [0.25, 0.3) is 11.4 Å². The number of nitrogens with two attached hydrogens (primary N) is 1. The number of methoxy groups -OCH3 is 1. The minimum Gasteiger partial charge on any atom is -0.496 e. The van der Waals surface area contributed by atoms with Crippen molar-refractivity contribution in [2.45, 2.75) is 13.8 Å². The van der Waals surface area contributed by atoms with E-state index in [0.717, 1.165) is 16.7 Å². The Labute approximate surface area is 111 Å².